The van der Waals surface area contributed by atoms with Crippen molar-refractivity contribution in [1.29, 1.82) is 0 Å². The van der Waals surface area contributed by atoms with Gasteiger partial charge in [-0.2, -0.15) is 0 Å². The van der Waals surface area contributed by atoms with E-state index in [0.717, 1.165) is 10.4 Å². The number of rotatable bonds is 2. The molecule has 0 spiro atoms. The first-order chi connectivity index (χ1) is 4.74. The van der Waals surface area contributed by atoms with Crippen LogP contribution in [0.3, 0.4) is 0 Å². The van der Waals surface area contributed by atoms with Crippen LogP contribution in [-0.2, 0) is 0 Å². The molecule has 0 aliphatic heterocycles. The van der Waals surface area contributed by atoms with E-state index < -0.39 is 0 Å². The van der Waals surface area contributed by atoms with Crippen molar-refractivity contribution in [1.82, 2.24) is 4.98 Å². The summed E-state index contributed by atoms with van der Waals surface area (Å²) in [4.78, 5) is 12.9. The van der Waals surface area contributed by atoms with Gasteiger partial charge in [0.25, 0.3) is 0 Å². The van der Waals surface area contributed by atoms with Gasteiger partial charge in [-0.1, -0.05) is 13.8 Å². The lowest BCUT2D eigenvalue weighted by Gasteiger charge is -1.95. The summed E-state index contributed by atoms with van der Waals surface area (Å²) in [6.45, 7) is 4.19. The van der Waals surface area contributed by atoms with Crippen LogP contribution in [0.5, 0.6) is 0 Å². The van der Waals surface area contributed by atoms with Crippen molar-refractivity contribution in [2.24, 2.45) is 0 Å². The van der Waals surface area contributed by atoms with Gasteiger partial charge in [-0.3, -0.25) is 0 Å². The van der Waals surface area contributed by atoms with Crippen molar-refractivity contribution in [2.75, 3.05) is 0 Å². The third-order valence-corrected chi connectivity index (χ3v) is 2.81. The van der Waals surface area contributed by atoms with Crippen molar-refractivity contribution in [2.45, 2.75) is 19.8 Å². The van der Waals surface area contributed by atoms with Gasteiger partial charge in [0.15, 0.2) is 0 Å². The summed E-state index contributed by atoms with van der Waals surface area (Å²) in [5.41, 5.74) is 1.08. The highest BCUT2D eigenvalue weighted by atomic mass is 32.1. The topological polar surface area (TPSA) is 33.1 Å². The summed E-state index contributed by atoms with van der Waals surface area (Å²) in [5.74, 6) is 0.473. The van der Waals surface area contributed by atoms with Crippen LogP contribution < -0.4 is 4.75 Å². The molecular weight excluding hydrogens is 165 g/mol. The van der Waals surface area contributed by atoms with Crippen LogP contribution in [0.1, 0.15) is 25.5 Å². The Morgan fingerprint density at radius 1 is 1.70 bits per heavy atom. The zero-order valence-electron chi connectivity index (χ0n) is 5.96. The minimum absolute atomic E-state index is 0.149. The molecule has 0 saturated heterocycles. The number of hydrogen-bond donors (Lipinski definition) is 1. The monoisotopic (exact) mass is 175 g/mol. The quantitative estimate of drug-likeness (QED) is 0.690. The zero-order valence-corrected chi connectivity index (χ0v) is 7.77. The number of nitrogens with zero attached hydrogens (tertiary/aromatic N) is 1. The first-order valence-electron chi connectivity index (χ1n) is 3.09. The van der Waals surface area contributed by atoms with E-state index in [1.165, 1.54) is 11.3 Å². The molecule has 0 aliphatic rings. The van der Waals surface area contributed by atoms with Crippen LogP contribution in [0.2, 0.25) is 0 Å². The molecule has 10 heavy (non-hydrogen) atoms. The Morgan fingerprint density at radius 2 is 2.40 bits per heavy atom. The maximum Gasteiger partial charge on any atom is 0.139 e. The summed E-state index contributed by atoms with van der Waals surface area (Å²) in [5, 5.41) is 2.00. The molecule has 0 fully saturated rings. The Hall–Kier alpha value is 0.0200. The van der Waals surface area contributed by atoms with Crippen molar-refractivity contribution >= 4 is 24.9 Å². The van der Waals surface area contributed by atoms with Gasteiger partial charge in [-0.05, 0) is 5.92 Å². The predicted molar refractivity (Wildman–Crippen MR) is 46.4 cm³/mol. The summed E-state index contributed by atoms with van der Waals surface area (Å²) >= 11 is 1.53. The lowest BCUT2D eigenvalue weighted by Crippen LogP contribution is -1.94. The highest BCUT2D eigenvalue weighted by Crippen LogP contribution is 2.15. The highest BCUT2D eigenvalue weighted by molar-refractivity contribution is 7.51. The molecule has 2 nitrogen and oxygen atoms in total. The Kier molecular flexibility index (Phi) is 2.78. The molecule has 56 valence electrons. The molecule has 1 aromatic heterocycles. The third kappa shape index (κ3) is 1.75. The summed E-state index contributed by atoms with van der Waals surface area (Å²) in [6.07, 6.45) is 0. The second kappa shape index (κ2) is 3.42. The normalized spacial score (nSPS) is 12.0. The Balaban J connectivity index is 2.78. The van der Waals surface area contributed by atoms with Gasteiger partial charge in [0.1, 0.15) is 4.75 Å². The molecule has 0 aliphatic carbocycles. The van der Waals surface area contributed by atoms with E-state index in [2.05, 4.69) is 18.8 Å². The molecule has 1 N–H and O–H groups in total. The lowest BCUT2D eigenvalue weighted by molar-refractivity contribution is 0.654. The standard InChI is InChI=1S/C6H10NOPS/c1-4(2)5-3-10-6(7-5)9-8/h3-4,8-9H,1-2H3. The van der Waals surface area contributed by atoms with Gasteiger partial charge >= 0.3 is 0 Å². The van der Waals surface area contributed by atoms with Crippen LogP contribution in [0.25, 0.3) is 0 Å². The third-order valence-electron chi connectivity index (χ3n) is 1.21. The first kappa shape index (κ1) is 8.12. The van der Waals surface area contributed by atoms with E-state index >= 15 is 0 Å². The molecule has 1 aromatic rings. The van der Waals surface area contributed by atoms with E-state index in [0.29, 0.717) is 5.92 Å². The lowest BCUT2D eigenvalue weighted by atomic mass is 10.2. The minimum Gasteiger partial charge on any atom is -0.370 e. The SMILES string of the molecule is CC(C)c1csc(PO)n1. The van der Waals surface area contributed by atoms with Crippen LogP contribution in [0.4, 0.5) is 0 Å². The van der Waals surface area contributed by atoms with E-state index in [-0.39, 0.29) is 8.81 Å². The van der Waals surface area contributed by atoms with Crippen LogP contribution in [0, 0.1) is 0 Å². The van der Waals surface area contributed by atoms with E-state index in [4.69, 9.17) is 4.89 Å². The van der Waals surface area contributed by atoms with Gasteiger partial charge in [0, 0.05) is 5.38 Å². The Bertz CT molecular complexity index is 211. The zero-order chi connectivity index (χ0) is 7.56. The number of thiazole rings is 1. The van der Waals surface area contributed by atoms with Crippen LogP contribution in [0.15, 0.2) is 5.38 Å². The maximum atomic E-state index is 8.71. The van der Waals surface area contributed by atoms with Gasteiger partial charge in [-0.25, -0.2) is 4.98 Å². The van der Waals surface area contributed by atoms with Gasteiger partial charge in [0.05, 0.1) is 14.5 Å². The second-order valence-electron chi connectivity index (χ2n) is 2.34. The van der Waals surface area contributed by atoms with Crippen LogP contribution >= 0.6 is 20.1 Å². The van der Waals surface area contributed by atoms with Gasteiger partial charge in [-0.15, -0.1) is 11.3 Å². The average molecular weight is 175 g/mol. The summed E-state index contributed by atoms with van der Waals surface area (Å²) < 4.78 is 0.837. The van der Waals surface area contributed by atoms with Crippen molar-refractivity contribution < 1.29 is 4.89 Å². The van der Waals surface area contributed by atoms with Crippen LogP contribution in [-0.4, -0.2) is 9.88 Å². The second-order valence-corrected chi connectivity index (χ2v) is 4.26. The summed E-state index contributed by atoms with van der Waals surface area (Å²) in [6, 6.07) is 0. The largest absolute Gasteiger partial charge is 0.370 e. The highest BCUT2D eigenvalue weighted by Gasteiger charge is 2.03. The van der Waals surface area contributed by atoms with Gasteiger partial charge < -0.3 is 4.89 Å². The minimum atomic E-state index is -0.149. The number of aromatic nitrogens is 1. The van der Waals surface area contributed by atoms with E-state index in [9.17, 15) is 0 Å². The average Bonchev–Trinajstić information content (AvgIpc) is 2.34. The molecule has 1 rings (SSSR count). The molecule has 0 amide bonds. The van der Waals surface area contributed by atoms with Gasteiger partial charge in [0.2, 0.25) is 0 Å². The molecule has 0 bridgehead atoms. The smallest absolute Gasteiger partial charge is 0.139 e. The molecule has 4 heteroatoms. The van der Waals surface area contributed by atoms with Crippen molar-refractivity contribution in [3.8, 4) is 0 Å². The Labute approximate surface area is 66.2 Å². The fourth-order valence-corrected chi connectivity index (χ4v) is 1.88. The molecule has 1 atom stereocenters. The van der Waals surface area contributed by atoms with E-state index in [1.807, 2.05) is 5.38 Å². The molecule has 1 heterocycles. The molecule has 0 saturated carbocycles. The molecule has 0 radical (unpaired) electrons. The predicted octanol–water partition coefficient (Wildman–Crippen LogP) is 1.48. The Morgan fingerprint density at radius 3 is 2.70 bits per heavy atom. The fourth-order valence-electron chi connectivity index (χ4n) is 0.603. The fraction of sp³-hybridized carbons (Fsp3) is 0.500. The molecule has 1 unspecified atom stereocenters. The molecular formula is C6H10NOPS. The van der Waals surface area contributed by atoms with Crippen molar-refractivity contribution in [3.05, 3.63) is 11.1 Å². The summed E-state index contributed by atoms with van der Waals surface area (Å²) in [7, 11) is -0.149. The molecule has 0 aromatic carbocycles. The maximum absolute atomic E-state index is 8.71. The van der Waals surface area contributed by atoms with Crippen molar-refractivity contribution in [3.63, 3.8) is 0 Å². The first-order valence-corrected chi connectivity index (χ1v) is 4.92. The van der Waals surface area contributed by atoms with E-state index in [1.54, 1.807) is 0 Å². The number of hydrogen-bond acceptors (Lipinski definition) is 3.